The lowest BCUT2D eigenvalue weighted by Gasteiger charge is -2.10. The van der Waals surface area contributed by atoms with Crippen LogP contribution in [0.15, 0.2) is 34.1 Å². The Morgan fingerprint density at radius 3 is 2.79 bits per heavy atom. The van der Waals surface area contributed by atoms with E-state index in [4.69, 9.17) is 5.73 Å². The summed E-state index contributed by atoms with van der Waals surface area (Å²) in [4.78, 5) is 12.8. The SMILES string of the molecule is CNC(=O)c1ccc(N)c(NCc2ccc(Br)s2)c1. The van der Waals surface area contributed by atoms with Crippen molar-refractivity contribution in [1.82, 2.24) is 5.32 Å². The molecule has 0 aliphatic rings. The van der Waals surface area contributed by atoms with Crippen LogP contribution in [0.2, 0.25) is 0 Å². The number of benzene rings is 1. The van der Waals surface area contributed by atoms with Crippen LogP contribution in [0.3, 0.4) is 0 Å². The zero-order valence-corrected chi connectivity index (χ0v) is 12.8. The Morgan fingerprint density at radius 2 is 2.16 bits per heavy atom. The summed E-state index contributed by atoms with van der Waals surface area (Å²) in [5.74, 6) is -0.123. The second kappa shape index (κ2) is 6.08. The van der Waals surface area contributed by atoms with Crippen LogP contribution in [-0.4, -0.2) is 13.0 Å². The number of anilines is 2. The minimum Gasteiger partial charge on any atom is -0.397 e. The molecule has 6 heteroatoms. The molecule has 1 heterocycles. The van der Waals surface area contributed by atoms with Gasteiger partial charge in [0.2, 0.25) is 0 Å². The molecule has 0 saturated carbocycles. The first-order chi connectivity index (χ1) is 9.10. The molecule has 1 aromatic heterocycles. The second-order valence-electron chi connectivity index (χ2n) is 3.94. The highest BCUT2D eigenvalue weighted by Crippen LogP contribution is 2.25. The molecule has 100 valence electrons. The summed E-state index contributed by atoms with van der Waals surface area (Å²) in [6.07, 6.45) is 0. The zero-order valence-electron chi connectivity index (χ0n) is 10.4. The van der Waals surface area contributed by atoms with Crippen molar-refractivity contribution in [2.45, 2.75) is 6.54 Å². The maximum atomic E-state index is 11.6. The lowest BCUT2D eigenvalue weighted by molar-refractivity contribution is 0.0963. The minimum atomic E-state index is -0.123. The molecule has 0 aliphatic carbocycles. The van der Waals surface area contributed by atoms with Crippen LogP contribution >= 0.6 is 27.3 Å². The first kappa shape index (κ1) is 13.9. The van der Waals surface area contributed by atoms with E-state index >= 15 is 0 Å². The lowest BCUT2D eigenvalue weighted by Crippen LogP contribution is -2.18. The molecular formula is C13H14BrN3OS. The van der Waals surface area contributed by atoms with Gasteiger partial charge in [0.1, 0.15) is 0 Å². The number of hydrogen-bond donors (Lipinski definition) is 3. The first-order valence-electron chi connectivity index (χ1n) is 5.70. The third-order valence-electron chi connectivity index (χ3n) is 2.62. The van der Waals surface area contributed by atoms with Gasteiger partial charge in [-0.25, -0.2) is 0 Å². The maximum Gasteiger partial charge on any atom is 0.251 e. The van der Waals surface area contributed by atoms with Crippen LogP contribution in [-0.2, 0) is 6.54 Å². The summed E-state index contributed by atoms with van der Waals surface area (Å²) in [5, 5.41) is 5.84. The fraction of sp³-hybridized carbons (Fsp3) is 0.154. The standard InChI is InChI=1S/C13H14BrN3OS/c1-16-13(18)8-2-4-10(15)11(6-8)17-7-9-3-5-12(14)19-9/h2-6,17H,7,15H2,1H3,(H,16,18). The molecule has 0 saturated heterocycles. The van der Waals surface area contributed by atoms with Crippen molar-refractivity contribution in [2.24, 2.45) is 0 Å². The highest BCUT2D eigenvalue weighted by Gasteiger charge is 2.07. The Hall–Kier alpha value is -1.53. The first-order valence-corrected chi connectivity index (χ1v) is 7.31. The Labute approximate surface area is 124 Å². The number of rotatable bonds is 4. The van der Waals surface area contributed by atoms with Crippen LogP contribution < -0.4 is 16.4 Å². The summed E-state index contributed by atoms with van der Waals surface area (Å²) in [6, 6.07) is 9.25. The molecule has 0 fully saturated rings. The number of halogens is 1. The molecule has 0 aliphatic heterocycles. The summed E-state index contributed by atoms with van der Waals surface area (Å²) in [6.45, 7) is 0.678. The van der Waals surface area contributed by atoms with E-state index in [0.717, 1.165) is 9.47 Å². The smallest absolute Gasteiger partial charge is 0.251 e. The van der Waals surface area contributed by atoms with E-state index in [0.29, 0.717) is 17.8 Å². The van der Waals surface area contributed by atoms with Crippen LogP contribution in [0.4, 0.5) is 11.4 Å². The Balaban J connectivity index is 2.12. The molecule has 4 N–H and O–H groups in total. The predicted molar refractivity (Wildman–Crippen MR) is 83.6 cm³/mol. The number of nitrogen functional groups attached to an aromatic ring is 1. The third kappa shape index (κ3) is 3.48. The minimum absolute atomic E-state index is 0.123. The number of hydrogen-bond acceptors (Lipinski definition) is 4. The van der Waals surface area contributed by atoms with Crippen molar-refractivity contribution < 1.29 is 4.79 Å². The zero-order chi connectivity index (χ0) is 13.8. The largest absolute Gasteiger partial charge is 0.397 e. The number of carbonyl (C=O) groups is 1. The highest BCUT2D eigenvalue weighted by molar-refractivity contribution is 9.11. The van der Waals surface area contributed by atoms with Gasteiger partial charge in [0.25, 0.3) is 5.91 Å². The molecule has 19 heavy (non-hydrogen) atoms. The van der Waals surface area contributed by atoms with E-state index < -0.39 is 0 Å². The second-order valence-corrected chi connectivity index (χ2v) is 6.49. The summed E-state index contributed by atoms with van der Waals surface area (Å²) in [7, 11) is 1.61. The summed E-state index contributed by atoms with van der Waals surface area (Å²) in [5.41, 5.74) is 7.89. The van der Waals surface area contributed by atoms with Crippen molar-refractivity contribution in [2.75, 3.05) is 18.1 Å². The fourth-order valence-corrected chi connectivity index (χ4v) is 3.05. The molecule has 0 atom stereocenters. The van der Waals surface area contributed by atoms with Crippen LogP contribution in [0.5, 0.6) is 0 Å². The van der Waals surface area contributed by atoms with Crippen LogP contribution in [0.25, 0.3) is 0 Å². The Bertz CT molecular complexity index is 597. The van der Waals surface area contributed by atoms with E-state index in [1.807, 2.05) is 12.1 Å². The number of thiophene rings is 1. The number of amides is 1. The predicted octanol–water partition coefficient (Wildman–Crippen LogP) is 3.06. The van der Waals surface area contributed by atoms with Gasteiger partial charge in [-0.2, -0.15) is 0 Å². The quantitative estimate of drug-likeness (QED) is 0.750. The average molecular weight is 340 g/mol. The van der Waals surface area contributed by atoms with E-state index in [-0.39, 0.29) is 5.91 Å². The van der Waals surface area contributed by atoms with Gasteiger partial charge in [-0.1, -0.05) is 0 Å². The molecule has 4 nitrogen and oxygen atoms in total. The topological polar surface area (TPSA) is 67.2 Å². The molecule has 2 aromatic rings. The van der Waals surface area contributed by atoms with E-state index in [2.05, 4.69) is 26.6 Å². The molecule has 1 amide bonds. The van der Waals surface area contributed by atoms with Crippen molar-refractivity contribution in [3.05, 3.63) is 44.6 Å². The van der Waals surface area contributed by atoms with Crippen LogP contribution in [0, 0.1) is 0 Å². The molecule has 0 radical (unpaired) electrons. The van der Waals surface area contributed by atoms with Gasteiger partial charge in [-0.15, -0.1) is 11.3 Å². The van der Waals surface area contributed by atoms with Crippen molar-refractivity contribution in [1.29, 1.82) is 0 Å². The van der Waals surface area contributed by atoms with E-state index in [9.17, 15) is 4.79 Å². The molecule has 0 spiro atoms. The summed E-state index contributed by atoms with van der Waals surface area (Å²) < 4.78 is 1.09. The maximum absolute atomic E-state index is 11.6. The van der Waals surface area contributed by atoms with E-state index in [1.165, 1.54) is 4.88 Å². The Kier molecular flexibility index (Phi) is 4.44. The molecule has 2 rings (SSSR count). The average Bonchev–Trinajstić information content (AvgIpc) is 2.82. The molecular weight excluding hydrogens is 326 g/mol. The summed E-state index contributed by atoms with van der Waals surface area (Å²) >= 11 is 5.09. The van der Waals surface area contributed by atoms with Gasteiger partial charge in [0, 0.05) is 24.0 Å². The number of nitrogens with two attached hydrogens (primary N) is 1. The fourth-order valence-electron chi connectivity index (χ4n) is 1.62. The number of carbonyl (C=O) groups excluding carboxylic acids is 1. The normalized spacial score (nSPS) is 10.2. The third-order valence-corrected chi connectivity index (χ3v) is 4.25. The van der Waals surface area contributed by atoms with Crippen LogP contribution in [0.1, 0.15) is 15.2 Å². The molecule has 0 unspecified atom stereocenters. The lowest BCUT2D eigenvalue weighted by atomic mass is 10.1. The van der Waals surface area contributed by atoms with Gasteiger partial charge >= 0.3 is 0 Å². The van der Waals surface area contributed by atoms with Crippen molar-refractivity contribution in [3.8, 4) is 0 Å². The van der Waals surface area contributed by atoms with E-state index in [1.54, 1.807) is 36.6 Å². The van der Waals surface area contributed by atoms with Gasteiger partial charge in [-0.05, 0) is 46.3 Å². The van der Waals surface area contributed by atoms with Gasteiger partial charge < -0.3 is 16.4 Å². The Morgan fingerprint density at radius 1 is 1.37 bits per heavy atom. The monoisotopic (exact) mass is 339 g/mol. The highest BCUT2D eigenvalue weighted by atomic mass is 79.9. The molecule has 1 aromatic carbocycles. The van der Waals surface area contributed by atoms with Gasteiger partial charge in [0.15, 0.2) is 0 Å². The molecule has 0 bridgehead atoms. The van der Waals surface area contributed by atoms with Gasteiger partial charge in [0.05, 0.1) is 15.2 Å². The number of nitrogens with one attached hydrogen (secondary N) is 2. The van der Waals surface area contributed by atoms with Crippen molar-refractivity contribution >= 4 is 44.5 Å². The van der Waals surface area contributed by atoms with Gasteiger partial charge in [-0.3, -0.25) is 4.79 Å². The van der Waals surface area contributed by atoms with Crippen molar-refractivity contribution in [3.63, 3.8) is 0 Å².